The number of hydrogen-bond donors (Lipinski definition) is 3. The Kier molecular flexibility index (Phi) is 5.22. The highest BCUT2D eigenvalue weighted by Crippen LogP contribution is 2.57. The second-order valence-electron chi connectivity index (χ2n) is 9.57. The average molecular weight is 491 g/mol. The largest absolute Gasteiger partial charge is 0.470 e. The van der Waals surface area contributed by atoms with Gasteiger partial charge in [-0.05, 0) is 44.1 Å². The first-order valence-corrected chi connectivity index (χ1v) is 11.6. The summed E-state index contributed by atoms with van der Waals surface area (Å²) in [4.78, 5) is 20.6. The van der Waals surface area contributed by atoms with Gasteiger partial charge in [-0.15, -0.1) is 0 Å². The second-order valence-corrected chi connectivity index (χ2v) is 9.57. The third-order valence-corrected chi connectivity index (χ3v) is 7.12. The lowest BCUT2D eigenvalue weighted by molar-refractivity contribution is -0.0532. The first-order chi connectivity index (χ1) is 16.9. The maximum atomic E-state index is 15.1. The Bertz CT molecular complexity index is 1230. The summed E-state index contributed by atoms with van der Waals surface area (Å²) >= 11 is 0. The Labute approximate surface area is 197 Å². The molecule has 4 fully saturated rings. The van der Waals surface area contributed by atoms with E-state index in [0.29, 0.717) is 35.9 Å². The number of ether oxygens (including phenoxy) is 2. The van der Waals surface area contributed by atoms with Gasteiger partial charge in [0.25, 0.3) is 6.43 Å². The number of anilines is 2. The summed E-state index contributed by atoms with van der Waals surface area (Å²) in [6.07, 6.45) is 1.53. The Morgan fingerprint density at radius 2 is 2.14 bits per heavy atom. The fourth-order valence-corrected chi connectivity index (χ4v) is 5.30. The fraction of sp³-hybridized carbons (Fsp3) is 0.545. The van der Waals surface area contributed by atoms with Gasteiger partial charge < -0.3 is 20.1 Å². The van der Waals surface area contributed by atoms with E-state index in [0.717, 1.165) is 25.2 Å². The normalized spacial score (nSPS) is 29.0. The van der Waals surface area contributed by atoms with E-state index in [1.807, 2.05) is 0 Å². The van der Waals surface area contributed by atoms with E-state index in [9.17, 15) is 13.6 Å². The SMILES string of the molecule is O=C(NC12CC(C1)C2)O[C@@H]1CC[C@H](c2cc(Nc3nccc4nc(OCC(F)F)cn34)n[nH]2)[C@H]1F. The Morgan fingerprint density at radius 3 is 2.89 bits per heavy atom. The van der Waals surface area contributed by atoms with Gasteiger partial charge in [-0.1, -0.05) is 0 Å². The molecule has 0 spiro atoms. The van der Waals surface area contributed by atoms with Crippen molar-refractivity contribution in [2.24, 2.45) is 5.92 Å². The van der Waals surface area contributed by atoms with Gasteiger partial charge >= 0.3 is 6.09 Å². The van der Waals surface area contributed by atoms with Crippen LogP contribution >= 0.6 is 0 Å². The molecule has 0 aliphatic heterocycles. The molecular weight excluding hydrogens is 467 g/mol. The molecule has 1 amide bonds. The predicted octanol–water partition coefficient (Wildman–Crippen LogP) is 3.70. The highest BCUT2D eigenvalue weighted by Gasteiger charge is 2.58. The molecule has 4 aliphatic rings. The predicted molar refractivity (Wildman–Crippen MR) is 117 cm³/mol. The molecule has 3 atom stereocenters. The van der Waals surface area contributed by atoms with Crippen LogP contribution in [0.2, 0.25) is 0 Å². The van der Waals surface area contributed by atoms with Crippen molar-refractivity contribution in [3.63, 3.8) is 0 Å². The summed E-state index contributed by atoms with van der Waals surface area (Å²) in [6.45, 7) is -0.762. The zero-order valence-corrected chi connectivity index (χ0v) is 18.6. The van der Waals surface area contributed by atoms with Crippen LogP contribution in [0.15, 0.2) is 24.5 Å². The van der Waals surface area contributed by atoms with Crippen molar-refractivity contribution in [2.45, 2.75) is 62.3 Å². The summed E-state index contributed by atoms with van der Waals surface area (Å²) in [5.41, 5.74) is 0.904. The quantitative estimate of drug-likeness (QED) is 0.440. The molecule has 35 heavy (non-hydrogen) atoms. The Hall–Kier alpha value is -3.51. The number of carbonyl (C=O) groups is 1. The van der Waals surface area contributed by atoms with Crippen molar-refractivity contribution in [2.75, 3.05) is 11.9 Å². The first-order valence-electron chi connectivity index (χ1n) is 11.6. The zero-order valence-electron chi connectivity index (χ0n) is 18.6. The maximum Gasteiger partial charge on any atom is 0.407 e. The van der Waals surface area contributed by atoms with E-state index >= 15 is 4.39 Å². The molecule has 4 aliphatic carbocycles. The average Bonchev–Trinajstić information content (AvgIpc) is 3.48. The van der Waals surface area contributed by atoms with Gasteiger partial charge in [-0.3, -0.25) is 9.50 Å². The number of amides is 1. The molecule has 2 bridgehead atoms. The minimum Gasteiger partial charge on any atom is -0.470 e. The van der Waals surface area contributed by atoms with Crippen molar-refractivity contribution in [1.29, 1.82) is 0 Å². The molecule has 3 aromatic rings. The number of nitrogens with zero attached hydrogens (tertiary/aromatic N) is 4. The van der Waals surface area contributed by atoms with Gasteiger partial charge in [0.05, 0.1) is 6.20 Å². The van der Waals surface area contributed by atoms with E-state index in [1.54, 1.807) is 12.1 Å². The van der Waals surface area contributed by atoms with Crippen LogP contribution in [0.25, 0.3) is 5.65 Å². The van der Waals surface area contributed by atoms with Crippen LogP contribution in [0, 0.1) is 5.92 Å². The summed E-state index contributed by atoms with van der Waals surface area (Å²) in [5.74, 6) is 0.994. The van der Waals surface area contributed by atoms with Crippen molar-refractivity contribution in [3.8, 4) is 5.88 Å². The number of fused-ring (bicyclic) bond motifs is 1. The van der Waals surface area contributed by atoms with Crippen LogP contribution in [-0.2, 0) is 4.74 Å². The van der Waals surface area contributed by atoms with Gasteiger partial charge in [-0.2, -0.15) is 10.1 Å². The molecule has 0 saturated heterocycles. The minimum absolute atomic E-state index is 0.0411. The van der Waals surface area contributed by atoms with Gasteiger partial charge in [0.15, 0.2) is 12.4 Å². The van der Waals surface area contributed by atoms with Gasteiger partial charge in [-0.25, -0.2) is 22.9 Å². The molecule has 7 rings (SSSR count). The number of aromatic nitrogens is 5. The van der Waals surface area contributed by atoms with Crippen LogP contribution in [0.5, 0.6) is 5.88 Å². The third kappa shape index (κ3) is 4.12. The van der Waals surface area contributed by atoms with Gasteiger partial charge in [0.1, 0.15) is 17.9 Å². The molecule has 0 unspecified atom stereocenters. The van der Waals surface area contributed by atoms with E-state index in [4.69, 9.17) is 9.47 Å². The van der Waals surface area contributed by atoms with Crippen molar-refractivity contribution >= 4 is 23.5 Å². The highest BCUT2D eigenvalue weighted by molar-refractivity contribution is 5.69. The summed E-state index contributed by atoms with van der Waals surface area (Å²) < 4.78 is 51.9. The summed E-state index contributed by atoms with van der Waals surface area (Å²) in [5, 5.41) is 13.0. The number of imidazole rings is 1. The highest BCUT2D eigenvalue weighted by atomic mass is 19.3. The smallest absolute Gasteiger partial charge is 0.407 e. The molecule has 10 nitrogen and oxygen atoms in total. The number of aromatic amines is 1. The molecule has 0 aromatic carbocycles. The van der Waals surface area contributed by atoms with Crippen molar-refractivity contribution in [1.82, 2.24) is 29.9 Å². The van der Waals surface area contributed by atoms with E-state index in [-0.39, 0.29) is 11.4 Å². The lowest BCUT2D eigenvalue weighted by Gasteiger charge is -2.61. The van der Waals surface area contributed by atoms with Crippen LogP contribution in [0.3, 0.4) is 0 Å². The maximum absolute atomic E-state index is 15.1. The molecular formula is C22H24F3N7O3. The lowest BCUT2D eigenvalue weighted by atomic mass is 9.50. The van der Waals surface area contributed by atoms with E-state index in [2.05, 4.69) is 30.8 Å². The molecule has 3 heterocycles. The standard InChI is InChI=1S/C22H24F3N7O3/c23-15(24)10-34-18-9-32-17(28-18)3-4-26-20(32)27-16-5-13(30-31-16)12-1-2-14(19(12)25)35-21(33)29-22-6-11(7-22)8-22/h3-5,9,11-12,14-15,19H,1-2,6-8,10H2,(H,29,33)(H2,26,27,30,31)/t11?,12-,14-,19-,22?/m1/s1. The zero-order chi connectivity index (χ0) is 24.2. The molecule has 186 valence electrons. The number of rotatable bonds is 8. The van der Waals surface area contributed by atoms with Crippen LogP contribution in [-0.4, -0.2) is 61.5 Å². The van der Waals surface area contributed by atoms with Crippen LogP contribution in [0.1, 0.15) is 43.7 Å². The molecule has 4 saturated carbocycles. The summed E-state index contributed by atoms with van der Waals surface area (Å²) in [6, 6.07) is 3.28. The third-order valence-electron chi connectivity index (χ3n) is 7.12. The van der Waals surface area contributed by atoms with Crippen molar-refractivity contribution in [3.05, 3.63) is 30.2 Å². The van der Waals surface area contributed by atoms with E-state index < -0.39 is 37.3 Å². The number of nitrogens with one attached hydrogen (secondary N) is 3. The van der Waals surface area contributed by atoms with Crippen LogP contribution < -0.4 is 15.4 Å². The molecule has 13 heteroatoms. The number of carbonyl (C=O) groups excluding carboxylic acids is 1. The number of hydrogen-bond acceptors (Lipinski definition) is 7. The minimum atomic E-state index is -2.61. The fourth-order valence-electron chi connectivity index (χ4n) is 5.30. The van der Waals surface area contributed by atoms with Gasteiger partial charge in [0, 0.05) is 29.4 Å². The Morgan fingerprint density at radius 1 is 1.31 bits per heavy atom. The molecule has 3 N–H and O–H groups in total. The Balaban J connectivity index is 1.09. The topological polar surface area (TPSA) is 118 Å². The first kappa shape index (κ1) is 22.0. The molecule has 0 radical (unpaired) electrons. The number of H-pyrrole nitrogens is 1. The molecule has 3 aromatic heterocycles. The van der Waals surface area contributed by atoms with E-state index in [1.165, 1.54) is 16.8 Å². The number of alkyl halides is 3. The van der Waals surface area contributed by atoms with Crippen molar-refractivity contribution < 1.29 is 27.4 Å². The van der Waals surface area contributed by atoms with Crippen LogP contribution in [0.4, 0.5) is 29.7 Å². The number of alkyl carbamates (subject to hydrolysis) is 1. The van der Waals surface area contributed by atoms with Gasteiger partial charge in [0.2, 0.25) is 11.8 Å². The number of halogens is 3. The summed E-state index contributed by atoms with van der Waals surface area (Å²) in [7, 11) is 0. The monoisotopic (exact) mass is 491 g/mol. The lowest BCUT2D eigenvalue weighted by Crippen LogP contribution is -2.68. The second kappa shape index (κ2) is 8.31.